The van der Waals surface area contributed by atoms with Crippen molar-refractivity contribution in [3.63, 3.8) is 0 Å². The van der Waals surface area contributed by atoms with Gasteiger partial charge in [-0.3, -0.25) is 4.98 Å². The molecule has 2 saturated carbocycles. The lowest BCUT2D eigenvalue weighted by Crippen LogP contribution is -2.53. The number of hydrogen-bond acceptors (Lipinski definition) is 3. The van der Waals surface area contributed by atoms with E-state index in [0.717, 1.165) is 12.8 Å². The Morgan fingerprint density at radius 2 is 2.08 bits per heavy atom. The summed E-state index contributed by atoms with van der Waals surface area (Å²) < 4.78 is 0. The predicted molar refractivity (Wildman–Crippen MR) is 102 cm³/mol. The highest BCUT2D eigenvalue weighted by atomic mass is 16.3. The number of hydrogen-bond donors (Lipinski definition) is 2. The minimum absolute atomic E-state index is 0.00392. The maximum Gasteiger partial charge on any atom is 0.0597 e. The molecule has 3 N–H and O–H groups in total. The molecule has 3 aliphatic carbocycles. The minimum atomic E-state index is -0.186. The van der Waals surface area contributed by atoms with Crippen molar-refractivity contribution in [2.24, 2.45) is 34.3 Å². The van der Waals surface area contributed by atoms with Gasteiger partial charge in [0, 0.05) is 12.4 Å². The summed E-state index contributed by atoms with van der Waals surface area (Å²) in [6, 6.07) is 4.26. The summed E-state index contributed by atoms with van der Waals surface area (Å²) in [6.07, 6.45) is 12.8. The summed E-state index contributed by atoms with van der Waals surface area (Å²) in [5.41, 5.74) is 8.99. The maximum atomic E-state index is 10.8. The molecular weight excluding hydrogens is 308 g/mol. The molecule has 0 aromatic carbocycles. The van der Waals surface area contributed by atoms with Crippen LogP contribution in [0.5, 0.6) is 0 Å². The third kappa shape index (κ3) is 2.50. The number of aliphatic hydroxyl groups excluding tert-OH is 1. The molecule has 6 atom stereocenters. The Morgan fingerprint density at radius 3 is 2.80 bits per heavy atom. The number of nitrogens with zero attached hydrogens (tertiary/aromatic N) is 1. The number of nitrogens with two attached hydrogens (primary N) is 1. The molecule has 2 fully saturated rings. The van der Waals surface area contributed by atoms with Crippen LogP contribution >= 0.6 is 0 Å². The molecule has 0 spiro atoms. The molecule has 1 aromatic rings. The molecule has 0 saturated heterocycles. The molecule has 0 aliphatic heterocycles. The van der Waals surface area contributed by atoms with Gasteiger partial charge in [0.1, 0.15) is 0 Å². The van der Waals surface area contributed by atoms with E-state index >= 15 is 0 Å². The van der Waals surface area contributed by atoms with Crippen LogP contribution in [0.3, 0.4) is 0 Å². The van der Waals surface area contributed by atoms with Crippen molar-refractivity contribution in [3.05, 3.63) is 36.2 Å². The van der Waals surface area contributed by atoms with Crippen LogP contribution in [-0.2, 0) is 0 Å². The van der Waals surface area contributed by atoms with Gasteiger partial charge in [0.05, 0.1) is 6.10 Å². The molecule has 1 heterocycles. The zero-order valence-electron chi connectivity index (χ0n) is 15.6. The van der Waals surface area contributed by atoms with Crippen molar-refractivity contribution in [1.29, 1.82) is 0 Å². The Balaban J connectivity index is 1.64. The molecule has 1 aromatic heterocycles. The first-order valence-electron chi connectivity index (χ1n) is 10.00. The van der Waals surface area contributed by atoms with E-state index in [1.165, 1.54) is 36.8 Å². The molecule has 0 bridgehead atoms. The van der Waals surface area contributed by atoms with Gasteiger partial charge >= 0.3 is 0 Å². The van der Waals surface area contributed by atoms with Gasteiger partial charge in [-0.15, -0.1) is 0 Å². The third-order valence-electron chi connectivity index (χ3n) is 8.06. The van der Waals surface area contributed by atoms with Crippen molar-refractivity contribution >= 4 is 5.57 Å². The number of fused-ring (bicyclic) bond motifs is 3. The molecule has 25 heavy (non-hydrogen) atoms. The van der Waals surface area contributed by atoms with E-state index in [2.05, 4.69) is 31.0 Å². The molecular formula is C22H32N2O. The largest absolute Gasteiger partial charge is 0.393 e. The van der Waals surface area contributed by atoms with Crippen LogP contribution in [0.25, 0.3) is 5.57 Å². The fraction of sp³-hybridized carbons (Fsp3) is 0.682. The van der Waals surface area contributed by atoms with Gasteiger partial charge in [0.25, 0.3) is 0 Å². The van der Waals surface area contributed by atoms with Gasteiger partial charge in [-0.25, -0.2) is 0 Å². The highest BCUT2D eigenvalue weighted by Gasteiger charge is 2.57. The second-order valence-electron chi connectivity index (χ2n) is 9.07. The van der Waals surface area contributed by atoms with E-state index in [9.17, 15) is 5.11 Å². The highest BCUT2D eigenvalue weighted by Crippen LogP contribution is 2.64. The van der Waals surface area contributed by atoms with Gasteiger partial charge in [0.2, 0.25) is 0 Å². The monoisotopic (exact) mass is 340 g/mol. The van der Waals surface area contributed by atoms with E-state index < -0.39 is 0 Å². The molecule has 4 rings (SSSR count). The smallest absolute Gasteiger partial charge is 0.0597 e. The standard InChI is InChI=1S/C22H32N2O/c1-21-10-9-19-16(5-8-20(25)22(19,2)11-12-23)18(21)7-6-17(21)15-4-3-13-24-14-15/h3-4,6,13-14,16,18-20,25H,5,7-12,23H2,1-2H3/t16-,18-,19-,20?,21+,22+/m0/s1. The van der Waals surface area contributed by atoms with E-state index in [1.807, 2.05) is 18.5 Å². The van der Waals surface area contributed by atoms with Gasteiger partial charge in [0.15, 0.2) is 0 Å². The predicted octanol–water partition coefficient (Wildman–Crippen LogP) is 4.03. The summed E-state index contributed by atoms with van der Waals surface area (Å²) in [4.78, 5) is 4.35. The highest BCUT2D eigenvalue weighted by molar-refractivity contribution is 5.72. The van der Waals surface area contributed by atoms with E-state index in [4.69, 9.17) is 5.73 Å². The van der Waals surface area contributed by atoms with E-state index in [-0.39, 0.29) is 16.9 Å². The Bertz CT molecular complexity index is 657. The zero-order valence-corrected chi connectivity index (χ0v) is 15.6. The number of allylic oxidation sites excluding steroid dienone is 2. The molecule has 3 aliphatic rings. The zero-order chi connectivity index (χ0) is 17.7. The summed E-state index contributed by atoms with van der Waals surface area (Å²) in [7, 11) is 0. The Morgan fingerprint density at radius 1 is 1.24 bits per heavy atom. The normalized spacial score (nSPS) is 43.3. The molecule has 136 valence electrons. The lowest BCUT2D eigenvalue weighted by atomic mass is 9.48. The Hall–Kier alpha value is -1.19. The first-order valence-corrected chi connectivity index (χ1v) is 10.00. The van der Waals surface area contributed by atoms with E-state index in [1.54, 1.807) is 0 Å². The van der Waals surface area contributed by atoms with Crippen LogP contribution in [0.1, 0.15) is 57.9 Å². The first kappa shape index (κ1) is 17.2. The molecule has 1 unspecified atom stereocenters. The maximum absolute atomic E-state index is 10.8. The van der Waals surface area contributed by atoms with E-state index in [0.29, 0.717) is 24.3 Å². The third-order valence-corrected chi connectivity index (χ3v) is 8.06. The second-order valence-corrected chi connectivity index (χ2v) is 9.07. The summed E-state index contributed by atoms with van der Waals surface area (Å²) >= 11 is 0. The summed E-state index contributed by atoms with van der Waals surface area (Å²) in [5.74, 6) is 2.02. The fourth-order valence-electron chi connectivity index (χ4n) is 6.64. The number of aromatic nitrogens is 1. The Kier molecular flexibility index (Phi) is 4.28. The average molecular weight is 341 g/mol. The quantitative estimate of drug-likeness (QED) is 0.873. The molecule has 3 heteroatoms. The number of rotatable bonds is 3. The lowest BCUT2D eigenvalue weighted by Gasteiger charge is -2.57. The van der Waals surface area contributed by atoms with Crippen LogP contribution in [0.15, 0.2) is 30.6 Å². The molecule has 0 amide bonds. The number of pyridine rings is 1. The Labute approximate surface area is 151 Å². The van der Waals surface area contributed by atoms with Gasteiger partial charge in [-0.2, -0.15) is 0 Å². The SMILES string of the molecule is C[C@]1(CCN)C(O)CC[C@@H]2[C@@H]1CC[C@]1(C)C(c3cccnc3)=CC[C@@H]21. The first-order chi connectivity index (χ1) is 12.0. The van der Waals surface area contributed by atoms with Crippen LogP contribution < -0.4 is 5.73 Å². The van der Waals surface area contributed by atoms with Crippen LogP contribution in [-0.4, -0.2) is 22.7 Å². The fourth-order valence-corrected chi connectivity index (χ4v) is 6.64. The van der Waals surface area contributed by atoms with Crippen molar-refractivity contribution in [3.8, 4) is 0 Å². The summed E-state index contributed by atoms with van der Waals surface area (Å²) in [5, 5.41) is 10.8. The van der Waals surface area contributed by atoms with Gasteiger partial charge < -0.3 is 10.8 Å². The van der Waals surface area contributed by atoms with Crippen LogP contribution in [0.2, 0.25) is 0 Å². The molecule has 0 radical (unpaired) electrons. The topological polar surface area (TPSA) is 59.1 Å². The van der Waals surface area contributed by atoms with Crippen molar-refractivity contribution < 1.29 is 5.11 Å². The number of aliphatic hydroxyl groups is 1. The van der Waals surface area contributed by atoms with Gasteiger partial charge in [-0.05, 0) is 90.9 Å². The van der Waals surface area contributed by atoms with Crippen molar-refractivity contribution in [2.45, 2.75) is 58.5 Å². The van der Waals surface area contributed by atoms with Crippen LogP contribution in [0, 0.1) is 28.6 Å². The molecule has 3 nitrogen and oxygen atoms in total. The summed E-state index contributed by atoms with van der Waals surface area (Å²) in [6.45, 7) is 5.46. The van der Waals surface area contributed by atoms with Crippen molar-refractivity contribution in [2.75, 3.05) is 6.54 Å². The van der Waals surface area contributed by atoms with Gasteiger partial charge in [-0.1, -0.05) is 26.0 Å². The second kappa shape index (κ2) is 6.21. The average Bonchev–Trinajstić information content (AvgIpc) is 2.96. The lowest BCUT2D eigenvalue weighted by molar-refractivity contribution is -0.117. The minimum Gasteiger partial charge on any atom is -0.393 e. The van der Waals surface area contributed by atoms with Crippen LogP contribution in [0.4, 0.5) is 0 Å². The van der Waals surface area contributed by atoms with Crippen molar-refractivity contribution in [1.82, 2.24) is 4.98 Å².